The zero-order valence-corrected chi connectivity index (χ0v) is 14.9. The van der Waals surface area contributed by atoms with Gasteiger partial charge in [-0.25, -0.2) is 4.98 Å². The average Bonchev–Trinajstić information content (AvgIpc) is 3.02. The van der Waals surface area contributed by atoms with Crippen LogP contribution in [0, 0.1) is 0 Å². The minimum atomic E-state index is 0.549. The van der Waals surface area contributed by atoms with Crippen LogP contribution in [0.5, 0.6) is 0 Å². The topological polar surface area (TPSA) is 37.0 Å². The summed E-state index contributed by atoms with van der Waals surface area (Å²) >= 11 is 7.12. The second-order valence-corrected chi connectivity index (χ2v) is 7.41. The fourth-order valence-electron chi connectivity index (χ4n) is 2.94. The molecule has 1 aliphatic rings. The quantitative estimate of drug-likeness (QED) is 0.802. The fraction of sp³-hybridized carbons (Fsp3) is 0.444. The maximum absolute atomic E-state index is 5.40. The molecule has 23 heavy (non-hydrogen) atoms. The van der Waals surface area contributed by atoms with Crippen molar-refractivity contribution in [3.8, 4) is 0 Å². The normalized spacial score (nSPS) is 15.3. The van der Waals surface area contributed by atoms with Crippen LogP contribution in [0.4, 0.5) is 0 Å². The highest BCUT2D eigenvalue weighted by Crippen LogP contribution is 2.17. The van der Waals surface area contributed by atoms with Gasteiger partial charge in [0.2, 0.25) is 0 Å². The van der Waals surface area contributed by atoms with E-state index < -0.39 is 0 Å². The van der Waals surface area contributed by atoms with Gasteiger partial charge in [-0.15, -0.1) is 11.3 Å². The first-order valence-electron chi connectivity index (χ1n) is 8.31. The smallest absolute Gasteiger partial charge is 0.166 e. The van der Waals surface area contributed by atoms with E-state index in [1.807, 2.05) is 6.07 Å². The lowest BCUT2D eigenvalue weighted by Crippen LogP contribution is -2.42. The highest BCUT2D eigenvalue weighted by Gasteiger charge is 2.13. The number of benzene rings is 1. The zero-order valence-electron chi connectivity index (χ0n) is 13.3. The summed E-state index contributed by atoms with van der Waals surface area (Å²) in [6.07, 6.45) is 7.36. The van der Waals surface area contributed by atoms with Crippen LogP contribution in [0.15, 0.2) is 35.7 Å². The minimum absolute atomic E-state index is 0.549. The van der Waals surface area contributed by atoms with E-state index >= 15 is 0 Å². The van der Waals surface area contributed by atoms with E-state index in [-0.39, 0.29) is 0 Å². The highest BCUT2D eigenvalue weighted by molar-refractivity contribution is 7.80. The first kappa shape index (κ1) is 16.4. The third-order valence-corrected chi connectivity index (χ3v) is 5.33. The summed E-state index contributed by atoms with van der Waals surface area (Å²) in [4.78, 5) is 4.69. The van der Waals surface area contributed by atoms with E-state index in [1.165, 1.54) is 37.7 Å². The van der Waals surface area contributed by atoms with Crippen molar-refractivity contribution in [2.75, 3.05) is 0 Å². The number of thiocarbonyl (C=S) groups is 1. The molecule has 2 N–H and O–H groups in total. The second-order valence-electron chi connectivity index (χ2n) is 6.06. The highest BCUT2D eigenvalue weighted by atomic mass is 32.1. The molecule has 1 saturated carbocycles. The molecule has 0 bridgehead atoms. The first-order chi connectivity index (χ1) is 11.3. The monoisotopic (exact) mass is 345 g/mol. The van der Waals surface area contributed by atoms with Crippen LogP contribution < -0.4 is 10.6 Å². The molecule has 122 valence electrons. The number of nitrogens with zero attached hydrogens (tertiary/aromatic N) is 1. The second kappa shape index (κ2) is 8.41. The van der Waals surface area contributed by atoms with Gasteiger partial charge in [0, 0.05) is 17.8 Å². The molecular formula is C18H23N3S2. The van der Waals surface area contributed by atoms with Crippen LogP contribution in [-0.2, 0) is 13.0 Å². The van der Waals surface area contributed by atoms with E-state index in [1.54, 1.807) is 11.3 Å². The maximum Gasteiger partial charge on any atom is 0.166 e. The molecule has 0 amide bonds. The van der Waals surface area contributed by atoms with E-state index in [0.29, 0.717) is 12.6 Å². The summed E-state index contributed by atoms with van der Waals surface area (Å²) in [6.45, 7) is 0.698. The number of rotatable bonds is 5. The Kier molecular flexibility index (Phi) is 6.00. The zero-order chi connectivity index (χ0) is 15.9. The van der Waals surface area contributed by atoms with Gasteiger partial charge in [-0.3, -0.25) is 0 Å². The molecule has 5 heteroatoms. The van der Waals surface area contributed by atoms with Crippen molar-refractivity contribution >= 4 is 28.7 Å². The van der Waals surface area contributed by atoms with Gasteiger partial charge < -0.3 is 10.6 Å². The molecule has 0 saturated heterocycles. The first-order valence-corrected chi connectivity index (χ1v) is 9.60. The molecule has 1 heterocycles. The van der Waals surface area contributed by atoms with Gasteiger partial charge >= 0.3 is 0 Å². The van der Waals surface area contributed by atoms with Gasteiger partial charge in [-0.1, -0.05) is 49.6 Å². The summed E-state index contributed by atoms with van der Waals surface area (Å²) in [7, 11) is 0. The summed E-state index contributed by atoms with van der Waals surface area (Å²) in [5.74, 6) is 0. The van der Waals surface area contributed by atoms with Crippen LogP contribution in [0.3, 0.4) is 0 Å². The molecule has 1 fully saturated rings. The Hall–Kier alpha value is -1.46. The molecule has 3 rings (SSSR count). The van der Waals surface area contributed by atoms with E-state index in [0.717, 1.165) is 22.2 Å². The van der Waals surface area contributed by atoms with Crippen molar-refractivity contribution in [1.29, 1.82) is 0 Å². The molecule has 0 radical (unpaired) electrons. The third-order valence-electron chi connectivity index (χ3n) is 4.17. The van der Waals surface area contributed by atoms with E-state index in [4.69, 9.17) is 17.2 Å². The lowest BCUT2D eigenvalue weighted by molar-refractivity contribution is 0.412. The Morgan fingerprint density at radius 1 is 1.17 bits per heavy atom. The van der Waals surface area contributed by atoms with Crippen molar-refractivity contribution in [2.45, 2.75) is 51.1 Å². The van der Waals surface area contributed by atoms with Crippen molar-refractivity contribution in [3.05, 3.63) is 52.0 Å². The molecule has 1 aromatic heterocycles. The fourth-order valence-corrected chi connectivity index (χ4v) is 4.00. The van der Waals surface area contributed by atoms with Crippen LogP contribution in [0.2, 0.25) is 0 Å². The van der Waals surface area contributed by atoms with E-state index in [2.05, 4.69) is 40.3 Å². The molecular weight excluding hydrogens is 322 g/mol. The maximum atomic E-state index is 5.40. The Morgan fingerprint density at radius 3 is 2.74 bits per heavy atom. The van der Waals surface area contributed by atoms with Gasteiger partial charge in [0.05, 0.1) is 17.2 Å². The minimum Gasteiger partial charge on any atom is -0.360 e. The van der Waals surface area contributed by atoms with Gasteiger partial charge in [0.15, 0.2) is 5.11 Å². The van der Waals surface area contributed by atoms with Gasteiger partial charge in [0.1, 0.15) is 0 Å². The number of hydrogen-bond donors (Lipinski definition) is 2. The molecule has 1 aliphatic carbocycles. The van der Waals surface area contributed by atoms with Crippen molar-refractivity contribution < 1.29 is 0 Å². The third kappa shape index (κ3) is 5.29. The molecule has 0 aliphatic heterocycles. The van der Waals surface area contributed by atoms with Crippen LogP contribution >= 0.6 is 23.6 Å². The van der Waals surface area contributed by atoms with Crippen molar-refractivity contribution in [3.63, 3.8) is 0 Å². The van der Waals surface area contributed by atoms with Crippen molar-refractivity contribution in [1.82, 2.24) is 15.6 Å². The molecule has 2 aromatic rings. The van der Waals surface area contributed by atoms with Gasteiger partial charge in [-0.05, 0) is 30.6 Å². The lowest BCUT2D eigenvalue weighted by atomic mass is 9.96. The summed E-state index contributed by atoms with van der Waals surface area (Å²) in [5.41, 5.74) is 2.37. The van der Waals surface area contributed by atoms with Gasteiger partial charge in [0.25, 0.3) is 0 Å². The molecule has 1 aromatic carbocycles. The Balaban J connectivity index is 1.44. The van der Waals surface area contributed by atoms with Crippen LogP contribution in [-0.4, -0.2) is 16.1 Å². The van der Waals surface area contributed by atoms with Crippen LogP contribution in [0.25, 0.3) is 0 Å². The Labute approximate surface area is 147 Å². The standard InChI is InChI=1S/C18H23N3S2/c22-18(21-15-9-5-2-6-10-15)19-12-16-13-23-17(20-16)11-14-7-3-1-4-8-14/h1,3-4,7-8,13,15H,2,5-6,9-12H2,(H2,19,21,22). The summed E-state index contributed by atoms with van der Waals surface area (Å²) in [5, 5.41) is 10.7. The Bertz CT molecular complexity index is 618. The van der Waals surface area contributed by atoms with E-state index in [9.17, 15) is 0 Å². The molecule has 3 nitrogen and oxygen atoms in total. The van der Waals surface area contributed by atoms with Gasteiger partial charge in [-0.2, -0.15) is 0 Å². The SMILES string of the molecule is S=C(NCc1csc(Cc2ccccc2)n1)NC1CCCCC1. The number of nitrogens with one attached hydrogen (secondary N) is 2. The summed E-state index contributed by atoms with van der Waals surface area (Å²) in [6, 6.07) is 11.0. The van der Waals surface area contributed by atoms with Crippen molar-refractivity contribution in [2.24, 2.45) is 0 Å². The lowest BCUT2D eigenvalue weighted by Gasteiger charge is -2.24. The molecule has 0 atom stereocenters. The average molecular weight is 346 g/mol. The predicted octanol–water partition coefficient (Wildman–Crippen LogP) is 4.03. The summed E-state index contributed by atoms with van der Waals surface area (Å²) < 4.78 is 0. The van der Waals surface area contributed by atoms with Crippen LogP contribution in [0.1, 0.15) is 48.4 Å². The largest absolute Gasteiger partial charge is 0.360 e. The predicted molar refractivity (Wildman–Crippen MR) is 101 cm³/mol. The number of hydrogen-bond acceptors (Lipinski definition) is 3. The Morgan fingerprint density at radius 2 is 1.96 bits per heavy atom. The number of thiazole rings is 1. The molecule has 0 unspecified atom stereocenters. The number of aromatic nitrogens is 1. The molecule has 0 spiro atoms.